The van der Waals surface area contributed by atoms with E-state index < -0.39 is 5.72 Å². The fourth-order valence-electron chi connectivity index (χ4n) is 3.78. The molecule has 160 valence electrons. The summed E-state index contributed by atoms with van der Waals surface area (Å²) in [7, 11) is 1.53. The monoisotopic (exact) mass is 408 g/mol. The fraction of sp³-hybridized carbons (Fsp3) is 0.440. The van der Waals surface area contributed by atoms with Gasteiger partial charge in [0, 0.05) is 24.7 Å². The van der Waals surface area contributed by atoms with Crippen LogP contribution in [0.4, 0.5) is 11.4 Å². The first-order valence-electron chi connectivity index (χ1n) is 10.6. The molecule has 1 N–H and O–H groups in total. The summed E-state index contributed by atoms with van der Waals surface area (Å²) in [6.45, 7) is 12.1. The number of hydrazine groups is 1. The molecule has 0 saturated heterocycles. The number of hydrogen-bond donors (Lipinski definition) is 1. The van der Waals surface area contributed by atoms with Crippen LogP contribution < -0.4 is 10.4 Å². The highest BCUT2D eigenvalue weighted by Crippen LogP contribution is 2.41. The molecule has 0 saturated carbocycles. The minimum absolute atomic E-state index is 0.0496. The van der Waals surface area contributed by atoms with Crippen molar-refractivity contribution in [1.82, 2.24) is 0 Å². The summed E-state index contributed by atoms with van der Waals surface area (Å²) < 4.78 is 5.71. The van der Waals surface area contributed by atoms with E-state index in [1.165, 1.54) is 7.11 Å². The van der Waals surface area contributed by atoms with E-state index in [1.54, 1.807) is 11.9 Å². The molecule has 30 heavy (non-hydrogen) atoms. The van der Waals surface area contributed by atoms with Crippen LogP contribution in [0.3, 0.4) is 0 Å². The van der Waals surface area contributed by atoms with Gasteiger partial charge in [0.05, 0.1) is 11.4 Å². The summed E-state index contributed by atoms with van der Waals surface area (Å²) in [5.41, 5.74) is 7.10. The van der Waals surface area contributed by atoms with Gasteiger partial charge >= 0.3 is 0 Å². The number of methoxy groups -OCH3 is 1. The van der Waals surface area contributed by atoms with E-state index in [2.05, 4.69) is 33.1 Å². The molecule has 0 radical (unpaired) electrons. The van der Waals surface area contributed by atoms with Gasteiger partial charge in [-0.25, -0.2) is 5.01 Å². The van der Waals surface area contributed by atoms with Crippen molar-refractivity contribution in [2.75, 3.05) is 17.5 Å². The molecule has 5 nitrogen and oxygen atoms in total. The molecule has 1 atom stereocenters. The lowest BCUT2D eigenvalue weighted by Gasteiger charge is -2.35. The van der Waals surface area contributed by atoms with Crippen molar-refractivity contribution in [3.63, 3.8) is 0 Å². The largest absolute Gasteiger partial charge is 0.351 e. The number of ketones is 2. The minimum Gasteiger partial charge on any atom is -0.351 e. The van der Waals surface area contributed by atoms with Crippen LogP contribution in [0.5, 0.6) is 0 Å². The van der Waals surface area contributed by atoms with Crippen molar-refractivity contribution in [2.24, 2.45) is 0 Å². The van der Waals surface area contributed by atoms with Gasteiger partial charge < -0.3 is 4.74 Å². The maximum absolute atomic E-state index is 13.2. The van der Waals surface area contributed by atoms with E-state index in [0.29, 0.717) is 35.1 Å². The van der Waals surface area contributed by atoms with Crippen molar-refractivity contribution in [2.45, 2.75) is 65.5 Å². The summed E-state index contributed by atoms with van der Waals surface area (Å²) in [5.74, 6) is 0.577. The Morgan fingerprint density at radius 2 is 1.67 bits per heavy atom. The molecular formula is C25H32N2O3. The van der Waals surface area contributed by atoms with Crippen molar-refractivity contribution in [3.8, 4) is 0 Å². The predicted octanol–water partition coefficient (Wildman–Crippen LogP) is 5.92. The SMILES string of the molecule is CCC(=O)c1ccc(C(C)C)cc1NN1c2cc(C(C)C)ccc2C(=O)[C@@]1(C)OC. The third kappa shape index (κ3) is 3.63. The number of rotatable bonds is 7. The third-order valence-electron chi connectivity index (χ3n) is 5.98. The molecule has 2 aromatic carbocycles. The first kappa shape index (κ1) is 22.0. The van der Waals surface area contributed by atoms with Crippen LogP contribution in [0.15, 0.2) is 36.4 Å². The van der Waals surface area contributed by atoms with Crippen molar-refractivity contribution in [1.29, 1.82) is 0 Å². The van der Waals surface area contributed by atoms with E-state index in [1.807, 2.05) is 43.3 Å². The van der Waals surface area contributed by atoms with Gasteiger partial charge in [-0.2, -0.15) is 0 Å². The first-order chi connectivity index (χ1) is 14.1. The number of hydrogen-bond acceptors (Lipinski definition) is 5. The molecule has 1 aliphatic rings. The summed E-state index contributed by atoms with van der Waals surface area (Å²) in [6, 6.07) is 11.8. The second-order valence-electron chi connectivity index (χ2n) is 8.63. The Morgan fingerprint density at radius 3 is 2.23 bits per heavy atom. The molecule has 0 amide bonds. The lowest BCUT2D eigenvalue weighted by Crippen LogP contribution is -2.52. The van der Waals surface area contributed by atoms with Crippen LogP contribution in [-0.2, 0) is 4.74 Å². The maximum atomic E-state index is 13.2. The number of carbonyl (C=O) groups excluding carboxylic acids is 2. The molecule has 0 spiro atoms. The summed E-state index contributed by atoms with van der Waals surface area (Å²) in [5, 5.41) is 1.77. The van der Waals surface area contributed by atoms with E-state index in [0.717, 1.165) is 16.8 Å². The molecule has 0 unspecified atom stereocenters. The van der Waals surface area contributed by atoms with Gasteiger partial charge in [0.15, 0.2) is 5.78 Å². The molecule has 1 aliphatic heterocycles. The van der Waals surface area contributed by atoms with E-state index in [-0.39, 0.29) is 11.6 Å². The van der Waals surface area contributed by atoms with Crippen molar-refractivity contribution < 1.29 is 14.3 Å². The van der Waals surface area contributed by atoms with E-state index in [4.69, 9.17) is 4.74 Å². The Labute approximate surface area is 179 Å². The third-order valence-corrected chi connectivity index (χ3v) is 5.98. The van der Waals surface area contributed by atoms with Crippen molar-refractivity contribution >= 4 is 22.9 Å². The molecule has 3 rings (SSSR count). The Kier molecular flexibility index (Phi) is 6.04. The Bertz CT molecular complexity index is 980. The minimum atomic E-state index is -1.21. The number of anilines is 2. The number of Topliss-reactive ketones (excluding diaryl/α,β-unsaturated/α-hetero) is 2. The Balaban J connectivity index is 2.15. The van der Waals surface area contributed by atoms with Gasteiger partial charge in [-0.15, -0.1) is 0 Å². The summed E-state index contributed by atoms with van der Waals surface area (Å²) in [6.07, 6.45) is 0.407. The van der Waals surface area contributed by atoms with Crippen LogP contribution in [-0.4, -0.2) is 24.4 Å². The normalized spacial score (nSPS) is 18.3. The molecule has 0 aromatic heterocycles. The van der Waals surface area contributed by atoms with Crippen LogP contribution in [0, 0.1) is 0 Å². The van der Waals surface area contributed by atoms with Gasteiger partial charge in [-0.3, -0.25) is 15.0 Å². The first-order valence-corrected chi connectivity index (χ1v) is 10.6. The van der Waals surface area contributed by atoms with Gasteiger partial charge in [0.2, 0.25) is 11.5 Å². The zero-order chi connectivity index (χ0) is 22.2. The fourth-order valence-corrected chi connectivity index (χ4v) is 3.78. The number of fused-ring (bicyclic) bond motifs is 1. The number of ether oxygens (including phenoxy) is 1. The number of nitrogens with one attached hydrogen (secondary N) is 1. The van der Waals surface area contributed by atoms with E-state index in [9.17, 15) is 9.59 Å². The molecule has 0 bridgehead atoms. The number of carbonyl (C=O) groups is 2. The van der Waals surface area contributed by atoms with Gasteiger partial charge in [-0.05, 0) is 54.2 Å². The molecule has 0 aliphatic carbocycles. The highest BCUT2D eigenvalue weighted by molar-refractivity contribution is 6.13. The maximum Gasteiger partial charge on any atom is 0.219 e. The molecular weight excluding hydrogens is 376 g/mol. The number of benzene rings is 2. The molecule has 5 heteroatoms. The lowest BCUT2D eigenvalue weighted by molar-refractivity contribution is 0.0179. The summed E-state index contributed by atoms with van der Waals surface area (Å²) >= 11 is 0. The average molecular weight is 409 g/mol. The van der Waals surface area contributed by atoms with Crippen molar-refractivity contribution in [3.05, 3.63) is 58.7 Å². The molecule has 1 heterocycles. The second-order valence-corrected chi connectivity index (χ2v) is 8.63. The van der Waals surface area contributed by atoms with Gasteiger partial charge in [0.1, 0.15) is 0 Å². The van der Waals surface area contributed by atoms with Gasteiger partial charge in [-0.1, -0.05) is 46.8 Å². The highest BCUT2D eigenvalue weighted by Gasteiger charge is 2.49. The summed E-state index contributed by atoms with van der Waals surface area (Å²) in [4.78, 5) is 25.8. The van der Waals surface area contributed by atoms with E-state index >= 15 is 0 Å². The standard InChI is InChI=1S/C25H32N2O3/c1-8-23(28)19-11-9-17(15(2)3)13-21(19)26-27-22-14-18(16(4)5)10-12-20(22)24(29)25(27,6)30-7/h9-16,26H,8H2,1-7H3/t25-/m1/s1. The lowest BCUT2D eigenvalue weighted by atomic mass is 9.98. The quantitative estimate of drug-likeness (QED) is 0.576. The van der Waals surface area contributed by atoms with Crippen LogP contribution >= 0.6 is 0 Å². The Hall–Kier alpha value is -2.66. The zero-order valence-corrected chi connectivity index (χ0v) is 19.0. The van der Waals surface area contributed by atoms with Gasteiger partial charge in [0.25, 0.3) is 0 Å². The topological polar surface area (TPSA) is 58.6 Å². The van der Waals surface area contributed by atoms with Crippen LogP contribution in [0.1, 0.15) is 91.6 Å². The molecule has 2 aromatic rings. The Morgan fingerprint density at radius 1 is 1.07 bits per heavy atom. The predicted molar refractivity (Wildman–Crippen MR) is 122 cm³/mol. The van der Waals surface area contributed by atoms with Crippen LogP contribution in [0.2, 0.25) is 0 Å². The number of nitrogens with zero attached hydrogens (tertiary/aromatic N) is 1. The molecule has 0 fully saturated rings. The second kappa shape index (κ2) is 8.23. The highest BCUT2D eigenvalue weighted by atomic mass is 16.5. The smallest absolute Gasteiger partial charge is 0.219 e. The average Bonchev–Trinajstić information content (AvgIpc) is 2.94. The zero-order valence-electron chi connectivity index (χ0n) is 19.0. The van der Waals surface area contributed by atoms with Crippen LogP contribution in [0.25, 0.3) is 0 Å².